The Hall–Kier alpha value is -2.24. The molecule has 1 aromatic carbocycles. The zero-order valence-corrected chi connectivity index (χ0v) is 11.6. The van der Waals surface area contributed by atoms with Crippen LogP contribution in [0.1, 0.15) is 13.8 Å². The molecule has 0 saturated carbocycles. The number of methoxy groups -OCH3 is 1. The van der Waals surface area contributed by atoms with E-state index in [-0.39, 0.29) is 11.9 Å². The molecule has 2 N–H and O–H groups in total. The first-order chi connectivity index (χ1) is 9.03. The average Bonchev–Trinajstić information content (AvgIpc) is 2.39. The Morgan fingerprint density at radius 2 is 2.05 bits per heavy atom. The Kier molecular flexibility index (Phi) is 5.17. The topological polar surface area (TPSA) is 70.7 Å². The third-order valence-electron chi connectivity index (χ3n) is 2.57. The minimum atomic E-state index is -0.235. The van der Waals surface area contributed by atoms with Crippen LogP contribution in [0.15, 0.2) is 18.2 Å². The lowest BCUT2D eigenvalue weighted by Gasteiger charge is -2.23. The second-order valence-electron chi connectivity index (χ2n) is 3.87. The van der Waals surface area contributed by atoms with Crippen LogP contribution in [0.3, 0.4) is 0 Å². The van der Waals surface area contributed by atoms with Gasteiger partial charge in [-0.1, -0.05) is 0 Å². The van der Waals surface area contributed by atoms with Gasteiger partial charge in [-0.25, -0.2) is 4.79 Å². The number of anilines is 2. The summed E-state index contributed by atoms with van der Waals surface area (Å²) in [6.07, 6.45) is 0. The van der Waals surface area contributed by atoms with E-state index in [2.05, 4.69) is 10.6 Å². The summed E-state index contributed by atoms with van der Waals surface area (Å²) in [6.45, 7) is 3.78. The minimum absolute atomic E-state index is 0.167. The molecule has 0 unspecified atom stereocenters. The zero-order chi connectivity index (χ0) is 14.4. The van der Waals surface area contributed by atoms with Crippen molar-refractivity contribution < 1.29 is 14.3 Å². The van der Waals surface area contributed by atoms with Crippen LogP contribution in [0.5, 0.6) is 5.75 Å². The van der Waals surface area contributed by atoms with Crippen molar-refractivity contribution in [1.29, 1.82) is 0 Å². The van der Waals surface area contributed by atoms with Crippen molar-refractivity contribution in [1.82, 2.24) is 5.32 Å². The van der Waals surface area contributed by atoms with Crippen molar-refractivity contribution in [3.63, 3.8) is 0 Å². The third kappa shape index (κ3) is 3.61. The Bertz CT molecular complexity index is 474. The van der Waals surface area contributed by atoms with E-state index in [9.17, 15) is 9.59 Å². The molecule has 0 aromatic heterocycles. The van der Waals surface area contributed by atoms with Gasteiger partial charge in [-0.05, 0) is 25.1 Å². The monoisotopic (exact) mass is 265 g/mol. The Labute approximate surface area is 112 Å². The fraction of sp³-hybridized carbons (Fsp3) is 0.385. The number of ether oxygens (including phenoxy) is 1. The number of hydrogen-bond donors (Lipinski definition) is 2. The van der Waals surface area contributed by atoms with Crippen molar-refractivity contribution in [2.75, 3.05) is 30.9 Å². The van der Waals surface area contributed by atoms with Crippen LogP contribution >= 0.6 is 0 Å². The standard InChI is InChI=1S/C13H19N3O3/c1-5-16(13(18)14-3)11-8-10(15-9(2)17)6-7-12(11)19-4/h6-8H,5H2,1-4H3,(H,14,18)(H,15,17). The first kappa shape index (κ1) is 14.8. The summed E-state index contributed by atoms with van der Waals surface area (Å²) < 4.78 is 5.25. The van der Waals surface area contributed by atoms with Crippen LogP contribution in [-0.4, -0.2) is 32.6 Å². The van der Waals surface area contributed by atoms with Crippen LogP contribution in [-0.2, 0) is 4.79 Å². The number of urea groups is 1. The molecule has 0 atom stereocenters. The summed E-state index contributed by atoms with van der Waals surface area (Å²) in [5.74, 6) is 0.402. The number of carbonyl (C=O) groups is 2. The SMILES string of the molecule is CCN(C(=O)NC)c1cc(NC(C)=O)ccc1OC. The fourth-order valence-corrected chi connectivity index (χ4v) is 1.74. The number of benzene rings is 1. The van der Waals surface area contributed by atoms with Gasteiger partial charge in [0.2, 0.25) is 5.91 Å². The van der Waals surface area contributed by atoms with Crippen molar-refractivity contribution in [2.45, 2.75) is 13.8 Å². The molecule has 1 aromatic rings. The molecule has 0 aliphatic carbocycles. The highest BCUT2D eigenvalue weighted by atomic mass is 16.5. The van der Waals surface area contributed by atoms with E-state index in [0.717, 1.165) is 0 Å². The first-order valence-corrected chi connectivity index (χ1v) is 5.98. The predicted octanol–water partition coefficient (Wildman–Crippen LogP) is 1.82. The molecule has 0 radical (unpaired) electrons. The molecule has 0 aliphatic heterocycles. The van der Waals surface area contributed by atoms with Gasteiger partial charge in [-0.15, -0.1) is 0 Å². The Morgan fingerprint density at radius 1 is 1.37 bits per heavy atom. The summed E-state index contributed by atoms with van der Waals surface area (Å²) in [5, 5.41) is 5.25. The van der Waals surface area contributed by atoms with Gasteiger partial charge >= 0.3 is 6.03 Å². The number of amides is 3. The van der Waals surface area contributed by atoms with Gasteiger partial charge in [-0.2, -0.15) is 0 Å². The number of nitrogens with zero attached hydrogens (tertiary/aromatic N) is 1. The summed E-state index contributed by atoms with van der Waals surface area (Å²) in [6, 6.07) is 4.91. The number of rotatable bonds is 4. The molecule has 19 heavy (non-hydrogen) atoms. The lowest BCUT2D eigenvalue weighted by Crippen LogP contribution is -2.38. The molecule has 3 amide bonds. The summed E-state index contributed by atoms with van der Waals surface area (Å²) in [5.41, 5.74) is 1.22. The van der Waals surface area contributed by atoms with Gasteiger partial charge in [0, 0.05) is 26.2 Å². The summed E-state index contributed by atoms with van der Waals surface area (Å²) in [4.78, 5) is 24.4. The van der Waals surface area contributed by atoms with Crippen molar-refractivity contribution in [3.8, 4) is 5.75 Å². The van der Waals surface area contributed by atoms with Crippen LogP contribution in [0.25, 0.3) is 0 Å². The van der Waals surface area contributed by atoms with Gasteiger partial charge in [0.1, 0.15) is 5.75 Å². The molecule has 0 fully saturated rings. The van der Waals surface area contributed by atoms with Crippen LogP contribution in [0.4, 0.5) is 16.2 Å². The van der Waals surface area contributed by atoms with E-state index in [0.29, 0.717) is 23.7 Å². The minimum Gasteiger partial charge on any atom is -0.495 e. The number of hydrogen-bond acceptors (Lipinski definition) is 3. The molecular weight excluding hydrogens is 246 g/mol. The van der Waals surface area contributed by atoms with Crippen LogP contribution in [0, 0.1) is 0 Å². The van der Waals surface area contributed by atoms with Gasteiger partial charge < -0.3 is 15.4 Å². The smallest absolute Gasteiger partial charge is 0.321 e. The number of carbonyl (C=O) groups excluding carboxylic acids is 2. The van der Waals surface area contributed by atoms with E-state index in [1.807, 2.05) is 6.92 Å². The highest BCUT2D eigenvalue weighted by Gasteiger charge is 2.17. The van der Waals surface area contributed by atoms with Crippen molar-refractivity contribution >= 4 is 23.3 Å². The summed E-state index contributed by atoms with van der Waals surface area (Å²) in [7, 11) is 3.10. The molecule has 104 valence electrons. The van der Waals surface area contributed by atoms with Crippen molar-refractivity contribution in [3.05, 3.63) is 18.2 Å². The predicted molar refractivity (Wildman–Crippen MR) is 74.8 cm³/mol. The van der Waals surface area contributed by atoms with E-state index in [1.54, 1.807) is 25.2 Å². The van der Waals surface area contributed by atoms with E-state index < -0.39 is 0 Å². The maximum atomic E-state index is 11.8. The van der Waals surface area contributed by atoms with Crippen LogP contribution < -0.4 is 20.3 Å². The first-order valence-electron chi connectivity index (χ1n) is 5.98. The maximum Gasteiger partial charge on any atom is 0.321 e. The van der Waals surface area contributed by atoms with Gasteiger partial charge in [0.15, 0.2) is 0 Å². The van der Waals surface area contributed by atoms with Gasteiger partial charge in [0.05, 0.1) is 12.8 Å². The molecule has 1 rings (SSSR count). The molecule has 0 heterocycles. The van der Waals surface area contributed by atoms with E-state index in [1.165, 1.54) is 18.9 Å². The second-order valence-corrected chi connectivity index (χ2v) is 3.87. The van der Waals surface area contributed by atoms with E-state index >= 15 is 0 Å². The highest BCUT2D eigenvalue weighted by Crippen LogP contribution is 2.31. The maximum absolute atomic E-state index is 11.8. The lowest BCUT2D eigenvalue weighted by molar-refractivity contribution is -0.114. The van der Waals surface area contributed by atoms with Crippen molar-refractivity contribution in [2.24, 2.45) is 0 Å². The molecule has 6 nitrogen and oxygen atoms in total. The summed E-state index contributed by atoms with van der Waals surface area (Å²) >= 11 is 0. The Morgan fingerprint density at radius 3 is 2.53 bits per heavy atom. The normalized spacial score (nSPS) is 9.68. The number of nitrogens with one attached hydrogen (secondary N) is 2. The fourth-order valence-electron chi connectivity index (χ4n) is 1.74. The quantitative estimate of drug-likeness (QED) is 0.872. The largest absolute Gasteiger partial charge is 0.495 e. The lowest BCUT2D eigenvalue weighted by atomic mass is 10.2. The zero-order valence-electron chi connectivity index (χ0n) is 11.6. The highest BCUT2D eigenvalue weighted by molar-refractivity contribution is 5.95. The molecular formula is C13H19N3O3. The van der Waals surface area contributed by atoms with E-state index in [4.69, 9.17) is 4.74 Å². The average molecular weight is 265 g/mol. The molecule has 0 spiro atoms. The third-order valence-corrected chi connectivity index (χ3v) is 2.57. The van der Waals surface area contributed by atoms with Crippen LogP contribution in [0.2, 0.25) is 0 Å². The Balaban J connectivity index is 3.20. The van der Waals surface area contributed by atoms with Gasteiger partial charge in [-0.3, -0.25) is 9.69 Å². The second kappa shape index (κ2) is 6.63. The van der Waals surface area contributed by atoms with Gasteiger partial charge in [0.25, 0.3) is 0 Å². The molecule has 0 aliphatic rings. The molecule has 0 saturated heterocycles. The molecule has 0 bridgehead atoms. The molecule has 6 heteroatoms.